The summed E-state index contributed by atoms with van der Waals surface area (Å²) < 4.78 is 5.02. The normalized spacial score (nSPS) is 9.12. The van der Waals surface area contributed by atoms with Gasteiger partial charge in [0.05, 0.1) is 11.7 Å². The predicted octanol–water partition coefficient (Wildman–Crippen LogP) is 1.87. The third-order valence-electron chi connectivity index (χ3n) is 0.606. The van der Waals surface area contributed by atoms with Crippen molar-refractivity contribution >= 4 is 27.3 Å². The number of thiazole rings is 1. The Bertz CT molecular complexity index is 142. The number of hydrogen-bond donors (Lipinski definition) is 0. The zero-order chi connectivity index (χ0) is 5.82. The second-order valence-electron chi connectivity index (χ2n) is 1.07. The van der Waals surface area contributed by atoms with Gasteiger partial charge >= 0.3 is 0 Å². The average molecular weight is 194 g/mol. The summed E-state index contributed by atoms with van der Waals surface area (Å²) in [6.45, 7) is 0. The third kappa shape index (κ3) is 1.45. The topological polar surface area (TPSA) is 22.1 Å². The van der Waals surface area contributed by atoms with Crippen LogP contribution in [0.3, 0.4) is 0 Å². The molecule has 44 valence electrons. The zero-order valence-electron chi connectivity index (χ0n) is 4.00. The summed E-state index contributed by atoms with van der Waals surface area (Å²) in [6, 6.07) is 0. The molecule has 0 unspecified atom stereocenters. The fourth-order valence-corrected chi connectivity index (χ4v) is 1.20. The Morgan fingerprint density at radius 3 is 3.25 bits per heavy atom. The van der Waals surface area contributed by atoms with Crippen molar-refractivity contribution in [2.24, 2.45) is 0 Å². The van der Waals surface area contributed by atoms with E-state index < -0.39 is 0 Å². The molecule has 0 amide bonds. The molecule has 0 bridgehead atoms. The van der Waals surface area contributed by atoms with Crippen molar-refractivity contribution in [1.82, 2.24) is 4.98 Å². The van der Waals surface area contributed by atoms with E-state index in [0.29, 0.717) is 5.52 Å². The standard InChI is InChI=1S/C4H4BrNOS/c5-2-7-4-1-6-3-8-4/h1,3H,2H2. The zero-order valence-corrected chi connectivity index (χ0v) is 6.41. The number of halogens is 1. The Balaban J connectivity index is 2.50. The maximum atomic E-state index is 5.02. The van der Waals surface area contributed by atoms with E-state index in [1.54, 1.807) is 11.7 Å². The Hall–Kier alpha value is -0.0900. The highest BCUT2D eigenvalue weighted by Gasteiger charge is 1.88. The van der Waals surface area contributed by atoms with E-state index in [2.05, 4.69) is 20.9 Å². The molecular formula is C4H4BrNOS. The molecule has 1 heterocycles. The fourth-order valence-electron chi connectivity index (χ4n) is 0.329. The smallest absolute Gasteiger partial charge is 0.194 e. The molecule has 0 aromatic carbocycles. The third-order valence-corrected chi connectivity index (χ3v) is 1.52. The minimum absolute atomic E-state index is 0.537. The van der Waals surface area contributed by atoms with E-state index in [-0.39, 0.29) is 0 Å². The van der Waals surface area contributed by atoms with Gasteiger partial charge in [0, 0.05) is 0 Å². The number of ether oxygens (including phenoxy) is 1. The number of nitrogens with zero attached hydrogens (tertiary/aromatic N) is 1. The molecule has 0 aliphatic carbocycles. The molecular weight excluding hydrogens is 190 g/mol. The Morgan fingerprint density at radius 1 is 1.88 bits per heavy atom. The van der Waals surface area contributed by atoms with Crippen molar-refractivity contribution < 1.29 is 4.74 Å². The molecule has 0 saturated heterocycles. The van der Waals surface area contributed by atoms with Gasteiger partial charge in [0.2, 0.25) is 0 Å². The molecule has 0 aliphatic heterocycles. The molecule has 0 spiro atoms. The van der Waals surface area contributed by atoms with Gasteiger partial charge in [0.25, 0.3) is 0 Å². The molecule has 8 heavy (non-hydrogen) atoms. The average Bonchev–Trinajstić information content (AvgIpc) is 2.19. The number of aromatic nitrogens is 1. The van der Waals surface area contributed by atoms with Gasteiger partial charge in [-0.25, -0.2) is 4.98 Å². The molecule has 2 nitrogen and oxygen atoms in total. The summed E-state index contributed by atoms with van der Waals surface area (Å²) in [5, 5.41) is 0.849. The molecule has 0 N–H and O–H groups in total. The Labute approximate surface area is 59.6 Å². The lowest BCUT2D eigenvalue weighted by molar-refractivity contribution is 0.409. The molecule has 4 heteroatoms. The van der Waals surface area contributed by atoms with Gasteiger partial charge in [0.1, 0.15) is 5.52 Å². The van der Waals surface area contributed by atoms with E-state index in [1.165, 1.54) is 11.3 Å². The van der Waals surface area contributed by atoms with Crippen LogP contribution in [0.5, 0.6) is 5.06 Å². The fraction of sp³-hybridized carbons (Fsp3) is 0.250. The Kier molecular flexibility index (Phi) is 2.29. The second kappa shape index (κ2) is 3.04. The van der Waals surface area contributed by atoms with Crippen LogP contribution in [0.4, 0.5) is 0 Å². The molecule has 0 aliphatic rings. The molecule has 0 radical (unpaired) electrons. The van der Waals surface area contributed by atoms with Gasteiger partial charge in [-0.1, -0.05) is 11.3 Å². The van der Waals surface area contributed by atoms with Crippen molar-refractivity contribution in [3.8, 4) is 5.06 Å². The quantitative estimate of drug-likeness (QED) is 0.670. The lowest BCUT2D eigenvalue weighted by Crippen LogP contribution is -1.82. The SMILES string of the molecule is BrCOc1cncs1. The van der Waals surface area contributed by atoms with E-state index in [9.17, 15) is 0 Å². The van der Waals surface area contributed by atoms with E-state index in [4.69, 9.17) is 4.74 Å². The maximum Gasteiger partial charge on any atom is 0.194 e. The van der Waals surface area contributed by atoms with Crippen LogP contribution in [0.15, 0.2) is 11.7 Å². The highest BCUT2D eigenvalue weighted by molar-refractivity contribution is 9.09. The van der Waals surface area contributed by atoms with Gasteiger partial charge in [-0.15, -0.1) is 0 Å². The minimum Gasteiger partial charge on any atom is -0.471 e. The minimum atomic E-state index is 0.537. The predicted molar refractivity (Wildman–Crippen MR) is 36.5 cm³/mol. The van der Waals surface area contributed by atoms with Gasteiger partial charge in [-0.05, 0) is 15.9 Å². The van der Waals surface area contributed by atoms with Crippen LogP contribution >= 0.6 is 27.3 Å². The largest absolute Gasteiger partial charge is 0.471 e. The van der Waals surface area contributed by atoms with Crippen LogP contribution in [-0.2, 0) is 0 Å². The van der Waals surface area contributed by atoms with Crippen LogP contribution < -0.4 is 4.74 Å². The summed E-state index contributed by atoms with van der Waals surface area (Å²) >= 11 is 4.61. The van der Waals surface area contributed by atoms with Crippen molar-refractivity contribution in [3.63, 3.8) is 0 Å². The summed E-state index contributed by atoms with van der Waals surface area (Å²) in [5.41, 5.74) is 2.27. The van der Waals surface area contributed by atoms with Crippen LogP contribution in [-0.4, -0.2) is 10.5 Å². The highest BCUT2D eigenvalue weighted by Crippen LogP contribution is 2.15. The summed E-state index contributed by atoms with van der Waals surface area (Å²) in [7, 11) is 0. The van der Waals surface area contributed by atoms with E-state index in [1.807, 2.05) is 0 Å². The van der Waals surface area contributed by atoms with Crippen LogP contribution in [0.25, 0.3) is 0 Å². The second-order valence-corrected chi connectivity index (χ2v) is 2.38. The van der Waals surface area contributed by atoms with Gasteiger partial charge < -0.3 is 4.74 Å². The van der Waals surface area contributed by atoms with Crippen molar-refractivity contribution in [1.29, 1.82) is 0 Å². The maximum absolute atomic E-state index is 5.02. The molecule has 1 rings (SSSR count). The summed E-state index contributed by atoms with van der Waals surface area (Å²) in [5.74, 6) is 0. The van der Waals surface area contributed by atoms with Crippen molar-refractivity contribution in [3.05, 3.63) is 11.7 Å². The monoisotopic (exact) mass is 193 g/mol. The lowest BCUT2D eigenvalue weighted by Gasteiger charge is -1.91. The van der Waals surface area contributed by atoms with Crippen molar-refractivity contribution in [2.45, 2.75) is 0 Å². The number of rotatable bonds is 2. The Morgan fingerprint density at radius 2 is 2.75 bits per heavy atom. The lowest BCUT2D eigenvalue weighted by atomic mass is 10.9. The van der Waals surface area contributed by atoms with Crippen molar-refractivity contribution in [2.75, 3.05) is 5.52 Å². The molecule has 0 saturated carbocycles. The summed E-state index contributed by atoms with van der Waals surface area (Å²) in [4.78, 5) is 3.81. The first-order valence-electron chi connectivity index (χ1n) is 2.00. The molecule has 1 aromatic rings. The van der Waals surface area contributed by atoms with E-state index in [0.717, 1.165) is 5.06 Å². The number of alkyl halides is 1. The van der Waals surface area contributed by atoms with Gasteiger partial charge in [-0.2, -0.15) is 0 Å². The molecule has 1 aromatic heterocycles. The first kappa shape index (κ1) is 6.04. The van der Waals surface area contributed by atoms with Crippen LogP contribution in [0.2, 0.25) is 0 Å². The molecule has 0 atom stereocenters. The van der Waals surface area contributed by atoms with Gasteiger partial charge in [0.15, 0.2) is 5.06 Å². The van der Waals surface area contributed by atoms with Crippen LogP contribution in [0.1, 0.15) is 0 Å². The van der Waals surface area contributed by atoms with E-state index >= 15 is 0 Å². The number of hydrogen-bond acceptors (Lipinski definition) is 3. The first-order chi connectivity index (χ1) is 3.93. The first-order valence-corrected chi connectivity index (χ1v) is 4.01. The molecule has 0 fully saturated rings. The summed E-state index contributed by atoms with van der Waals surface area (Å²) in [6.07, 6.45) is 1.69. The highest BCUT2D eigenvalue weighted by atomic mass is 79.9. The van der Waals surface area contributed by atoms with Gasteiger partial charge in [-0.3, -0.25) is 0 Å². The van der Waals surface area contributed by atoms with Crippen LogP contribution in [0, 0.1) is 0 Å².